The summed E-state index contributed by atoms with van der Waals surface area (Å²) in [4.78, 5) is 13.4. The number of esters is 1. The van der Waals surface area contributed by atoms with E-state index >= 15 is 0 Å². The van der Waals surface area contributed by atoms with Crippen molar-refractivity contribution in [3.63, 3.8) is 0 Å². The van der Waals surface area contributed by atoms with Crippen molar-refractivity contribution >= 4 is 5.97 Å². The van der Waals surface area contributed by atoms with Crippen molar-refractivity contribution in [3.8, 4) is 0 Å². The normalized spacial score (nSPS) is 27.5. The molecule has 0 N–H and O–H groups in total. The third-order valence-electron chi connectivity index (χ3n) is 2.19. The van der Waals surface area contributed by atoms with E-state index in [1.807, 2.05) is 0 Å². The summed E-state index contributed by atoms with van der Waals surface area (Å²) < 4.78 is 5.04. The maximum absolute atomic E-state index is 10.6. The molecule has 0 bridgehead atoms. The van der Waals surface area contributed by atoms with Gasteiger partial charge in [-0.2, -0.15) is 0 Å². The van der Waals surface area contributed by atoms with Gasteiger partial charge in [-0.05, 0) is 31.2 Å². The van der Waals surface area contributed by atoms with Gasteiger partial charge >= 0.3 is 5.97 Å². The molecular weight excluding hydrogens is 170 g/mol. The highest BCUT2D eigenvalue weighted by Crippen LogP contribution is 2.23. The summed E-state index contributed by atoms with van der Waals surface area (Å²) >= 11 is 0. The summed E-state index contributed by atoms with van der Waals surface area (Å²) in [5.74, 6) is -0.229. The molecule has 1 fully saturated rings. The minimum atomic E-state index is -0.229. The van der Waals surface area contributed by atoms with Crippen LogP contribution in [0.3, 0.4) is 0 Å². The third-order valence-corrected chi connectivity index (χ3v) is 2.19. The van der Waals surface area contributed by atoms with Crippen LogP contribution in [0.15, 0.2) is 5.11 Å². The standard InChI is InChI=1S/C8H13N3O2/c1-6(12)13-8-4-2-7(3-5-8)10-11-9/h7-8H,2-5H2,1H3. The van der Waals surface area contributed by atoms with E-state index in [2.05, 4.69) is 10.0 Å². The van der Waals surface area contributed by atoms with Crippen molar-refractivity contribution in [1.82, 2.24) is 0 Å². The molecule has 1 aliphatic rings. The fourth-order valence-corrected chi connectivity index (χ4v) is 1.59. The SMILES string of the molecule is CC(=O)OC1CCC(N=[N+]=[N-])CC1. The second-order valence-electron chi connectivity index (χ2n) is 3.24. The Labute approximate surface area is 76.7 Å². The van der Waals surface area contributed by atoms with Gasteiger partial charge in [-0.15, -0.1) is 0 Å². The Morgan fingerprint density at radius 1 is 1.46 bits per heavy atom. The number of carbonyl (C=O) groups is 1. The molecule has 0 saturated heterocycles. The van der Waals surface area contributed by atoms with E-state index in [4.69, 9.17) is 10.3 Å². The molecule has 5 nitrogen and oxygen atoms in total. The van der Waals surface area contributed by atoms with Gasteiger partial charge in [-0.1, -0.05) is 5.11 Å². The first kappa shape index (κ1) is 9.86. The molecule has 13 heavy (non-hydrogen) atoms. The predicted molar refractivity (Wildman–Crippen MR) is 47.0 cm³/mol. The van der Waals surface area contributed by atoms with E-state index in [1.165, 1.54) is 6.92 Å². The Balaban J connectivity index is 2.30. The van der Waals surface area contributed by atoms with Crippen LogP contribution in [0.4, 0.5) is 0 Å². The van der Waals surface area contributed by atoms with E-state index in [9.17, 15) is 4.79 Å². The zero-order valence-corrected chi connectivity index (χ0v) is 7.64. The molecule has 0 radical (unpaired) electrons. The molecule has 5 heteroatoms. The van der Waals surface area contributed by atoms with Gasteiger partial charge in [0.25, 0.3) is 0 Å². The molecule has 0 heterocycles. The van der Waals surface area contributed by atoms with Crippen LogP contribution in [0, 0.1) is 0 Å². The third kappa shape index (κ3) is 3.34. The first-order valence-corrected chi connectivity index (χ1v) is 4.44. The summed E-state index contributed by atoms with van der Waals surface area (Å²) in [5.41, 5.74) is 8.20. The van der Waals surface area contributed by atoms with E-state index in [0.717, 1.165) is 25.7 Å². The van der Waals surface area contributed by atoms with Crippen LogP contribution in [0.1, 0.15) is 32.6 Å². The van der Waals surface area contributed by atoms with Crippen molar-refractivity contribution < 1.29 is 9.53 Å². The average molecular weight is 183 g/mol. The summed E-state index contributed by atoms with van der Waals surface area (Å²) in [5, 5.41) is 3.64. The minimum Gasteiger partial charge on any atom is -0.463 e. The molecule has 0 aliphatic heterocycles. The van der Waals surface area contributed by atoms with Crippen molar-refractivity contribution in [1.29, 1.82) is 0 Å². The fraction of sp³-hybridized carbons (Fsp3) is 0.875. The van der Waals surface area contributed by atoms with Crippen LogP contribution in [0.2, 0.25) is 0 Å². The molecule has 0 aromatic heterocycles. The number of carbonyl (C=O) groups excluding carboxylic acids is 1. The van der Waals surface area contributed by atoms with Crippen LogP contribution in [-0.4, -0.2) is 18.1 Å². The quantitative estimate of drug-likeness (QED) is 0.285. The van der Waals surface area contributed by atoms with E-state index in [-0.39, 0.29) is 18.1 Å². The number of nitrogens with zero attached hydrogens (tertiary/aromatic N) is 3. The van der Waals surface area contributed by atoms with Crippen LogP contribution >= 0.6 is 0 Å². The second kappa shape index (κ2) is 4.72. The molecule has 1 aliphatic carbocycles. The highest BCUT2D eigenvalue weighted by molar-refractivity contribution is 5.66. The van der Waals surface area contributed by atoms with Crippen molar-refractivity contribution in [2.45, 2.75) is 44.8 Å². The van der Waals surface area contributed by atoms with E-state index < -0.39 is 0 Å². The molecule has 0 spiro atoms. The van der Waals surface area contributed by atoms with Crippen LogP contribution in [0.5, 0.6) is 0 Å². The minimum absolute atomic E-state index is 0.0302. The largest absolute Gasteiger partial charge is 0.463 e. The van der Waals surface area contributed by atoms with Crippen LogP contribution < -0.4 is 0 Å². The van der Waals surface area contributed by atoms with Gasteiger partial charge in [0.15, 0.2) is 0 Å². The Kier molecular flexibility index (Phi) is 3.58. The van der Waals surface area contributed by atoms with Crippen molar-refractivity contribution in [3.05, 3.63) is 10.4 Å². The van der Waals surface area contributed by atoms with Crippen molar-refractivity contribution in [2.75, 3.05) is 0 Å². The highest BCUT2D eigenvalue weighted by Gasteiger charge is 2.21. The first-order valence-electron chi connectivity index (χ1n) is 4.44. The zero-order valence-electron chi connectivity index (χ0n) is 7.64. The number of hydrogen-bond donors (Lipinski definition) is 0. The molecule has 0 unspecified atom stereocenters. The number of ether oxygens (including phenoxy) is 1. The lowest BCUT2D eigenvalue weighted by molar-refractivity contribution is -0.147. The molecule has 0 amide bonds. The maximum atomic E-state index is 10.6. The summed E-state index contributed by atoms with van der Waals surface area (Å²) in [7, 11) is 0. The number of azide groups is 1. The van der Waals surface area contributed by atoms with Gasteiger partial charge in [-0.25, -0.2) is 0 Å². The topological polar surface area (TPSA) is 75.1 Å². The molecule has 72 valence electrons. The van der Waals surface area contributed by atoms with Crippen LogP contribution in [0.25, 0.3) is 10.4 Å². The Hall–Kier alpha value is -1.22. The van der Waals surface area contributed by atoms with Gasteiger partial charge in [0.2, 0.25) is 0 Å². The highest BCUT2D eigenvalue weighted by atomic mass is 16.5. The Bertz CT molecular complexity index is 228. The smallest absolute Gasteiger partial charge is 0.302 e. The molecule has 0 atom stereocenters. The lowest BCUT2D eigenvalue weighted by Crippen LogP contribution is -2.24. The monoisotopic (exact) mass is 183 g/mol. The summed E-state index contributed by atoms with van der Waals surface area (Å²) in [6.07, 6.45) is 3.29. The summed E-state index contributed by atoms with van der Waals surface area (Å²) in [6, 6.07) is 0.0943. The molecule has 1 rings (SSSR count). The fourth-order valence-electron chi connectivity index (χ4n) is 1.59. The Morgan fingerprint density at radius 3 is 2.54 bits per heavy atom. The van der Waals surface area contributed by atoms with Crippen LogP contribution in [-0.2, 0) is 9.53 Å². The van der Waals surface area contributed by atoms with E-state index in [0.29, 0.717) is 0 Å². The first-order chi connectivity index (χ1) is 6.22. The molecular formula is C8H13N3O2. The molecule has 1 saturated carbocycles. The lowest BCUT2D eigenvalue weighted by atomic mass is 9.94. The number of rotatable bonds is 2. The Morgan fingerprint density at radius 2 is 2.08 bits per heavy atom. The van der Waals surface area contributed by atoms with E-state index in [1.54, 1.807) is 0 Å². The number of hydrogen-bond acceptors (Lipinski definition) is 3. The maximum Gasteiger partial charge on any atom is 0.302 e. The van der Waals surface area contributed by atoms with Gasteiger partial charge in [-0.3, -0.25) is 4.79 Å². The summed E-state index contributed by atoms with van der Waals surface area (Å²) in [6.45, 7) is 1.42. The van der Waals surface area contributed by atoms with Gasteiger partial charge < -0.3 is 4.74 Å². The van der Waals surface area contributed by atoms with Gasteiger partial charge in [0.05, 0.1) is 0 Å². The zero-order chi connectivity index (χ0) is 9.68. The predicted octanol–water partition coefficient (Wildman–Crippen LogP) is 2.17. The average Bonchev–Trinajstić information content (AvgIpc) is 2.08. The molecule has 0 aromatic rings. The van der Waals surface area contributed by atoms with Gasteiger partial charge in [0, 0.05) is 17.9 Å². The lowest BCUT2D eigenvalue weighted by Gasteiger charge is -2.24. The van der Waals surface area contributed by atoms with Crippen molar-refractivity contribution in [2.24, 2.45) is 5.11 Å². The molecule has 0 aromatic carbocycles. The second-order valence-corrected chi connectivity index (χ2v) is 3.24. The van der Waals surface area contributed by atoms with Gasteiger partial charge in [0.1, 0.15) is 6.10 Å².